The summed E-state index contributed by atoms with van der Waals surface area (Å²) in [6.07, 6.45) is 4.73. The highest BCUT2D eigenvalue weighted by Gasteiger charge is 2.28. The van der Waals surface area contributed by atoms with Crippen LogP contribution >= 0.6 is 0 Å². The Balaban J connectivity index is 1.45. The van der Waals surface area contributed by atoms with Crippen LogP contribution in [0.15, 0.2) is 59.5 Å². The van der Waals surface area contributed by atoms with E-state index in [-0.39, 0.29) is 10.8 Å². The van der Waals surface area contributed by atoms with Crippen LogP contribution in [-0.2, 0) is 10.0 Å². The van der Waals surface area contributed by atoms with Crippen LogP contribution < -0.4 is 0 Å². The maximum absolute atomic E-state index is 13.0. The van der Waals surface area contributed by atoms with Gasteiger partial charge in [0.15, 0.2) is 0 Å². The van der Waals surface area contributed by atoms with E-state index in [0.29, 0.717) is 37.7 Å². The number of amides is 1. The molecule has 2 heterocycles. The van der Waals surface area contributed by atoms with Gasteiger partial charge in [0.25, 0.3) is 5.91 Å². The second kappa shape index (κ2) is 8.67. The maximum Gasteiger partial charge on any atom is 0.253 e. The maximum atomic E-state index is 13.0. The molecule has 0 N–H and O–H groups in total. The summed E-state index contributed by atoms with van der Waals surface area (Å²) in [6, 6.07) is 17.0. The van der Waals surface area contributed by atoms with Gasteiger partial charge in [-0.05, 0) is 55.4 Å². The van der Waals surface area contributed by atoms with Crippen LogP contribution in [0.5, 0.6) is 0 Å². The van der Waals surface area contributed by atoms with E-state index in [0.717, 1.165) is 32.1 Å². The van der Waals surface area contributed by atoms with Crippen molar-refractivity contribution in [2.24, 2.45) is 0 Å². The molecule has 154 valence electrons. The molecule has 2 aromatic carbocycles. The van der Waals surface area contributed by atoms with Gasteiger partial charge in [0.2, 0.25) is 10.0 Å². The van der Waals surface area contributed by atoms with Crippen LogP contribution in [0.4, 0.5) is 0 Å². The minimum atomic E-state index is -3.53. The van der Waals surface area contributed by atoms with E-state index in [9.17, 15) is 13.2 Å². The van der Waals surface area contributed by atoms with Gasteiger partial charge in [-0.15, -0.1) is 0 Å². The summed E-state index contributed by atoms with van der Waals surface area (Å²) in [5.74, 6) is 0.401. The van der Waals surface area contributed by atoms with Crippen LogP contribution in [0.25, 0.3) is 0 Å². The Bertz CT molecular complexity index is 945. The Hall–Kier alpha value is -2.18. The van der Waals surface area contributed by atoms with Gasteiger partial charge in [0, 0.05) is 31.7 Å². The Labute approximate surface area is 173 Å². The van der Waals surface area contributed by atoms with Crippen molar-refractivity contribution < 1.29 is 13.2 Å². The van der Waals surface area contributed by atoms with E-state index in [4.69, 9.17) is 0 Å². The molecule has 2 fully saturated rings. The molecule has 0 bridgehead atoms. The lowest BCUT2D eigenvalue weighted by Crippen LogP contribution is -2.38. The van der Waals surface area contributed by atoms with Crippen molar-refractivity contribution in [1.29, 1.82) is 0 Å². The lowest BCUT2D eigenvalue weighted by atomic mass is 9.89. The van der Waals surface area contributed by atoms with E-state index in [1.165, 1.54) is 5.56 Å². The molecule has 2 aliphatic heterocycles. The van der Waals surface area contributed by atoms with Gasteiger partial charge >= 0.3 is 0 Å². The van der Waals surface area contributed by atoms with Gasteiger partial charge in [-0.25, -0.2) is 8.42 Å². The van der Waals surface area contributed by atoms with E-state index < -0.39 is 10.0 Å². The van der Waals surface area contributed by atoms with E-state index in [1.54, 1.807) is 28.6 Å². The number of carbonyl (C=O) groups is 1. The average Bonchev–Trinajstić information content (AvgIpc) is 2.80. The summed E-state index contributed by atoms with van der Waals surface area (Å²) < 4.78 is 27.4. The van der Waals surface area contributed by atoms with Gasteiger partial charge in [-0.2, -0.15) is 4.31 Å². The fourth-order valence-electron chi connectivity index (χ4n) is 4.37. The number of benzene rings is 2. The smallest absolute Gasteiger partial charge is 0.253 e. The lowest BCUT2D eigenvalue weighted by Gasteiger charge is -2.32. The molecule has 2 aromatic rings. The molecule has 2 saturated heterocycles. The Kier molecular flexibility index (Phi) is 6.01. The highest BCUT2D eigenvalue weighted by molar-refractivity contribution is 7.89. The molecule has 2 aliphatic rings. The minimum absolute atomic E-state index is 0.0767. The third kappa shape index (κ3) is 4.38. The molecule has 0 saturated carbocycles. The van der Waals surface area contributed by atoms with Crippen molar-refractivity contribution in [2.75, 3.05) is 26.2 Å². The zero-order chi connectivity index (χ0) is 20.3. The minimum Gasteiger partial charge on any atom is -0.339 e. The molecular weight excluding hydrogens is 384 g/mol. The lowest BCUT2D eigenvalue weighted by molar-refractivity contribution is 0.0712. The molecule has 6 heteroatoms. The molecule has 0 aromatic heterocycles. The van der Waals surface area contributed by atoms with E-state index >= 15 is 0 Å². The van der Waals surface area contributed by atoms with Crippen molar-refractivity contribution in [3.05, 3.63) is 65.7 Å². The molecule has 4 rings (SSSR count). The van der Waals surface area contributed by atoms with Crippen molar-refractivity contribution in [3.8, 4) is 0 Å². The zero-order valence-electron chi connectivity index (χ0n) is 16.7. The van der Waals surface area contributed by atoms with Crippen molar-refractivity contribution >= 4 is 15.9 Å². The van der Waals surface area contributed by atoms with Crippen LogP contribution in [0.1, 0.15) is 53.9 Å². The first-order valence-electron chi connectivity index (χ1n) is 10.5. The number of likely N-dealkylation sites (tertiary alicyclic amines) is 1. The fourth-order valence-corrected chi connectivity index (χ4v) is 5.93. The number of nitrogens with zero attached hydrogens (tertiary/aromatic N) is 2. The molecule has 0 spiro atoms. The normalized spacial score (nSPS) is 19.2. The quantitative estimate of drug-likeness (QED) is 0.766. The monoisotopic (exact) mass is 412 g/mol. The van der Waals surface area contributed by atoms with Crippen LogP contribution in [0.2, 0.25) is 0 Å². The van der Waals surface area contributed by atoms with Crippen LogP contribution in [0, 0.1) is 0 Å². The molecule has 0 unspecified atom stereocenters. The molecule has 0 atom stereocenters. The number of hydrogen-bond acceptors (Lipinski definition) is 3. The first-order chi connectivity index (χ1) is 14.1. The zero-order valence-corrected chi connectivity index (χ0v) is 17.5. The standard InChI is InChI=1S/C23H28N2O3S/c26-23(24-16-12-20(13-17-24)19-8-3-1-4-9-19)21-10-7-11-22(18-21)29(27,28)25-14-5-2-6-15-25/h1,3-4,7-11,18,20H,2,5-6,12-17H2. The average molecular weight is 413 g/mol. The molecular formula is C23H28N2O3S. The predicted octanol–water partition coefficient (Wildman–Crippen LogP) is 3.88. The molecule has 29 heavy (non-hydrogen) atoms. The van der Waals surface area contributed by atoms with Gasteiger partial charge in [0.05, 0.1) is 4.90 Å². The topological polar surface area (TPSA) is 57.7 Å². The van der Waals surface area contributed by atoms with Gasteiger partial charge in [-0.3, -0.25) is 4.79 Å². The predicted molar refractivity (Wildman–Crippen MR) is 113 cm³/mol. The van der Waals surface area contributed by atoms with Crippen molar-refractivity contribution in [3.63, 3.8) is 0 Å². The van der Waals surface area contributed by atoms with E-state index in [1.807, 2.05) is 11.0 Å². The SMILES string of the molecule is O=C(c1cccc(S(=O)(=O)N2CCCCC2)c1)N1CCC(c2ccccc2)CC1. The third-order valence-electron chi connectivity index (χ3n) is 6.09. The molecule has 0 radical (unpaired) electrons. The van der Waals surface area contributed by atoms with Gasteiger partial charge < -0.3 is 4.90 Å². The summed E-state index contributed by atoms with van der Waals surface area (Å²) >= 11 is 0. The fraction of sp³-hybridized carbons (Fsp3) is 0.435. The van der Waals surface area contributed by atoms with E-state index in [2.05, 4.69) is 24.3 Å². The number of sulfonamides is 1. The summed E-state index contributed by atoms with van der Waals surface area (Å²) in [6.45, 7) is 2.52. The first-order valence-corrected chi connectivity index (χ1v) is 11.9. The number of carbonyl (C=O) groups excluding carboxylic acids is 1. The molecule has 1 amide bonds. The van der Waals surface area contributed by atoms with Gasteiger partial charge in [0.1, 0.15) is 0 Å². The Morgan fingerprint density at radius 3 is 2.21 bits per heavy atom. The molecule has 0 aliphatic carbocycles. The Morgan fingerprint density at radius 1 is 0.828 bits per heavy atom. The van der Waals surface area contributed by atoms with Crippen molar-refractivity contribution in [1.82, 2.24) is 9.21 Å². The van der Waals surface area contributed by atoms with Gasteiger partial charge in [-0.1, -0.05) is 42.8 Å². The highest BCUT2D eigenvalue weighted by atomic mass is 32.2. The number of hydrogen-bond donors (Lipinski definition) is 0. The first kappa shape index (κ1) is 20.1. The Morgan fingerprint density at radius 2 is 1.52 bits per heavy atom. The molecule has 5 nitrogen and oxygen atoms in total. The summed E-state index contributed by atoms with van der Waals surface area (Å²) in [7, 11) is -3.53. The highest BCUT2D eigenvalue weighted by Crippen LogP contribution is 2.29. The third-order valence-corrected chi connectivity index (χ3v) is 7.98. The summed E-state index contributed by atoms with van der Waals surface area (Å²) in [5, 5.41) is 0. The van der Waals surface area contributed by atoms with Crippen molar-refractivity contribution in [2.45, 2.75) is 42.9 Å². The second-order valence-electron chi connectivity index (χ2n) is 7.97. The summed E-state index contributed by atoms with van der Waals surface area (Å²) in [4.78, 5) is 15.1. The second-order valence-corrected chi connectivity index (χ2v) is 9.91. The number of rotatable bonds is 4. The van der Waals surface area contributed by atoms with Crippen LogP contribution in [-0.4, -0.2) is 49.7 Å². The number of piperidine rings is 2. The largest absolute Gasteiger partial charge is 0.339 e. The van der Waals surface area contributed by atoms with Crippen LogP contribution in [0.3, 0.4) is 0 Å². The summed E-state index contributed by atoms with van der Waals surface area (Å²) in [5.41, 5.74) is 1.79.